The van der Waals surface area contributed by atoms with Crippen molar-refractivity contribution < 1.29 is 14.3 Å². The summed E-state index contributed by atoms with van der Waals surface area (Å²) in [5.74, 6) is 0.656. The third-order valence-corrected chi connectivity index (χ3v) is 4.16. The lowest BCUT2D eigenvalue weighted by Gasteiger charge is -2.39. The molecule has 1 aliphatic rings. The Morgan fingerprint density at radius 1 is 1.12 bits per heavy atom. The lowest BCUT2D eigenvalue weighted by molar-refractivity contribution is -0.0504. The van der Waals surface area contributed by atoms with Crippen LogP contribution >= 0.6 is 0 Å². The van der Waals surface area contributed by atoms with E-state index in [-0.39, 0.29) is 12.0 Å². The van der Waals surface area contributed by atoms with Crippen molar-refractivity contribution in [3.8, 4) is 5.75 Å². The molecule has 1 saturated heterocycles. The summed E-state index contributed by atoms with van der Waals surface area (Å²) in [5.41, 5.74) is 3.02. The minimum Gasteiger partial charge on any atom is -0.493 e. The lowest BCUT2D eigenvalue weighted by atomic mass is 10.1. The van der Waals surface area contributed by atoms with E-state index in [4.69, 9.17) is 9.47 Å². The summed E-state index contributed by atoms with van der Waals surface area (Å²) in [6, 6.07) is 15.7. The molecule has 1 aliphatic heterocycles. The molecule has 1 heterocycles. The van der Waals surface area contributed by atoms with Crippen molar-refractivity contribution >= 4 is 5.91 Å². The van der Waals surface area contributed by atoms with E-state index in [0.717, 1.165) is 5.56 Å². The molecule has 3 rings (SSSR count). The molecule has 126 valence electrons. The number of benzene rings is 2. The topological polar surface area (TPSA) is 38.8 Å². The molecule has 2 aromatic rings. The molecule has 1 fully saturated rings. The van der Waals surface area contributed by atoms with Crippen molar-refractivity contribution in [2.24, 2.45) is 0 Å². The van der Waals surface area contributed by atoms with E-state index in [9.17, 15) is 4.79 Å². The third kappa shape index (κ3) is 3.77. The second-order valence-corrected chi connectivity index (χ2v) is 6.06. The van der Waals surface area contributed by atoms with Crippen LogP contribution in [0.2, 0.25) is 0 Å². The number of rotatable bonds is 6. The fraction of sp³-hybridized carbons (Fsp3) is 0.350. The van der Waals surface area contributed by atoms with Crippen molar-refractivity contribution in [2.45, 2.75) is 26.6 Å². The van der Waals surface area contributed by atoms with Crippen molar-refractivity contribution in [3.63, 3.8) is 0 Å². The van der Waals surface area contributed by atoms with Gasteiger partial charge in [-0.15, -0.1) is 0 Å². The first kappa shape index (κ1) is 16.5. The molecule has 0 unspecified atom stereocenters. The molecule has 0 atom stereocenters. The largest absolute Gasteiger partial charge is 0.493 e. The third-order valence-electron chi connectivity index (χ3n) is 4.16. The number of aryl methyl sites for hydroxylation is 1. The van der Waals surface area contributed by atoms with E-state index < -0.39 is 0 Å². The van der Waals surface area contributed by atoms with Crippen LogP contribution in [0.15, 0.2) is 48.5 Å². The lowest BCUT2D eigenvalue weighted by Crippen LogP contribution is -2.54. The highest BCUT2D eigenvalue weighted by Gasteiger charge is 2.33. The van der Waals surface area contributed by atoms with Gasteiger partial charge in [-0.1, -0.05) is 42.0 Å². The van der Waals surface area contributed by atoms with Crippen molar-refractivity contribution in [2.75, 3.05) is 19.7 Å². The van der Waals surface area contributed by atoms with Gasteiger partial charge in [-0.05, 0) is 31.5 Å². The van der Waals surface area contributed by atoms with E-state index >= 15 is 0 Å². The number of nitrogens with zero attached hydrogens (tertiary/aromatic N) is 1. The van der Waals surface area contributed by atoms with Gasteiger partial charge in [0.05, 0.1) is 24.9 Å². The molecule has 2 aromatic carbocycles. The molecule has 4 nitrogen and oxygen atoms in total. The van der Waals surface area contributed by atoms with Gasteiger partial charge in [-0.2, -0.15) is 0 Å². The molecular formula is C20H23NO3. The maximum absolute atomic E-state index is 12.6. The van der Waals surface area contributed by atoms with Crippen LogP contribution in [0, 0.1) is 6.92 Å². The SMILES string of the molecule is CCOc1ccccc1C(=O)N1CC(OCc2ccc(C)cc2)C1. The minimum absolute atomic E-state index is 0.00855. The van der Waals surface area contributed by atoms with Crippen LogP contribution in [-0.2, 0) is 11.3 Å². The molecule has 0 N–H and O–H groups in total. The van der Waals surface area contributed by atoms with Crippen molar-refractivity contribution in [1.82, 2.24) is 4.90 Å². The molecular weight excluding hydrogens is 302 g/mol. The molecule has 0 radical (unpaired) electrons. The zero-order valence-electron chi connectivity index (χ0n) is 14.2. The second kappa shape index (κ2) is 7.49. The molecule has 0 spiro atoms. The second-order valence-electron chi connectivity index (χ2n) is 6.06. The highest BCUT2D eigenvalue weighted by Crippen LogP contribution is 2.23. The zero-order chi connectivity index (χ0) is 16.9. The molecule has 4 heteroatoms. The van der Waals surface area contributed by atoms with Crippen LogP contribution in [0.4, 0.5) is 0 Å². The Kier molecular flexibility index (Phi) is 5.16. The average Bonchev–Trinajstić information content (AvgIpc) is 2.55. The quantitative estimate of drug-likeness (QED) is 0.817. The van der Waals surface area contributed by atoms with Crippen LogP contribution in [0.1, 0.15) is 28.4 Å². The molecule has 0 aromatic heterocycles. The summed E-state index contributed by atoms with van der Waals surface area (Å²) in [6.07, 6.45) is 0.106. The number of hydrogen-bond acceptors (Lipinski definition) is 3. The summed E-state index contributed by atoms with van der Waals surface area (Å²) < 4.78 is 11.4. The van der Waals surface area contributed by atoms with Gasteiger partial charge >= 0.3 is 0 Å². The monoisotopic (exact) mass is 325 g/mol. The number of para-hydroxylation sites is 1. The maximum Gasteiger partial charge on any atom is 0.257 e. The predicted molar refractivity (Wildman–Crippen MR) is 93.3 cm³/mol. The number of likely N-dealkylation sites (tertiary alicyclic amines) is 1. The van der Waals surface area contributed by atoms with Gasteiger partial charge in [0.2, 0.25) is 0 Å². The van der Waals surface area contributed by atoms with Crippen LogP contribution in [0.3, 0.4) is 0 Å². The average molecular weight is 325 g/mol. The fourth-order valence-corrected chi connectivity index (χ4v) is 2.70. The van der Waals surface area contributed by atoms with Gasteiger partial charge in [0.15, 0.2) is 0 Å². The summed E-state index contributed by atoms with van der Waals surface area (Å²) in [6.45, 7) is 6.38. The van der Waals surface area contributed by atoms with E-state index in [0.29, 0.717) is 37.6 Å². The molecule has 0 aliphatic carbocycles. The Bertz CT molecular complexity index is 690. The normalized spacial score (nSPS) is 14.3. The van der Waals surface area contributed by atoms with E-state index in [1.165, 1.54) is 5.56 Å². The minimum atomic E-state index is 0.00855. The molecule has 1 amide bonds. The van der Waals surface area contributed by atoms with E-state index in [1.54, 1.807) is 4.90 Å². The van der Waals surface area contributed by atoms with Gasteiger partial charge < -0.3 is 14.4 Å². The highest BCUT2D eigenvalue weighted by molar-refractivity contribution is 5.97. The Balaban J connectivity index is 1.51. The van der Waals surface area contributed by atoms with Crippen molar-refractivity contribution in [3.05, 3.63) is 65.2 Å². The van der Waals surface area contributed by atoms with Gasteiger partial charge in [0.25, 0.3) is 5.91 Å². The standard InChI is InChI=1S/C20H23NO3/c1-3-23-19-7-5-4-6-18(19)20(22)21-12-17(13-21)24-14-16-10-8-15(2)9-11-16/h4-11,17H,3,12-14H2,1-2H3. The van der Waals surface area contributed by atoms with Gasteiger partial charge in [-0.3, -0.25) is 4.79 Å². The Hall–Kier alpha value is -2.33. The zero-order valence-corrected chi connectivity index (χ0v) is 14.2. The molecule has 0 bridgehead atoms. The Morgan fingerprint density at radius 2 is 1.83 bits per heavy atom. The first-order chi connectivity index (χ1) is 11.7. The number of hydrogen-bond donors (Lipinski definition) is 0. The Labute approximate surface area is 143 Å². The number of carbonyl (C=O) groups is 1. The summed E-state index contributed by atoms with van der Waals surface area (Å²) >= 11 is 0. The van der Waals surface area contributed by atoms with Crippen molar-refractivity contribution in [1.29, 1.82) is 0 Å². The Morgan fingerprint density at radius 3 is 2.54 bits per heavy atom. The van der Waals surface area contributed by atoms with E-state index in [1.807, 2.05) is 31.2 Å². The van der Waals surface area contributed by atoms with Crippen LogP contribution in [0.25, 0.3) is 0 Å². The smallest absolute Gasteiger partial charge is 0.257 e. The first-order valence-corrected chi connectivity index (χ1v) is 8.35. The number of carbonyl (C=O) groups excluding carboxylic acids is 1. The van der Waals surface area contributed by atoms with Crippen LogP contribution < -0.4 is 4.74 Å². The van der Waals surface area contributed by atoms with Gasteiger partial charge in [0, 0.05) is 13.1 Å². The maximum atomic E-state index is 12.6. The highest BCUT2D eigenvalue weighted by atomic mass is 16.5. The van der Waals surface area contributed by atoms with E-state index in [2.05, 4.69) is 31.2 Å². The van der Waals surface area contributed by atoms with Crippen LogP contribution in [-0.4, -0.2) is 36.6 Å². The first-order valence-electron chi connectivity index (χ1n) is 8.35. The van der Waals surface area contributed by atoms with Gasteiger partial charge in [-0.25, -0.2) is 0 Å². The van der Waals surface area contributed by atoms with Gasteiger partial charge in [0.1, 0.15) is 5.75 Å². The van der Waals surface area contributed by atoms with Crippen LogP contribution in [0.5, 0.6) is 5.75 Å². The fourth-order valence-electron chi connectivity index (χ4n) is 2.70. The summed E-state index contributed by atoms with van der Waals surface area (Å²) in [4.78, 5) is 14.4. The molecule has 0 saturated carbocycles. The number of ether oxygens (including phenoxy) is 2. The summed E-state index contributed by atoms with van der Waals surface area (Å²) in [7, 11) is 0. The number of amides is 1. The predicted octanol–water partition coefficient (Wildman–Crippen LogP) is 3.43. The summed E-state index contributed by atoms with van der Waals surface area (Å²) in [5, 5.41) is 0. The molecule has 24 heavy (non-hydrogen) atoms.